The molecule has 0 spiro atoms. The van der Waals surface area contributed by atoms with Gasteiger partial charge in [-0.1, -0.05) is 43.5 Å². The topological polar surface area (TPSA) is 99.3 Å². The molecule has 0 aliphatic heterocycles. The summed E-state index contributed by atoms with van der Waals surface area (Å²) in [5, 5.41) is 11.6. The van der Waals surface area contributed by atoms with Crippen molar-refractivity contribution in [3.05, 3.63) is 59.7 Å². The van der Waals surface area contributed by atoms with Gasteiger partial charge in [-0.2, -0.15) is 0 Å². The Hall–Kier alpha value is -3.35. The maximum absolute atomic E-state index is 12.4. The molecule has 4 amide bonds. The molecule has 0 atom stereocenters. The van der Waals surface area contributed by atoms with Crippen LogP contribution in [-0.2, 0) is 4.79 Å². The van der Waals surface area contributed by atoms with E-state index in [1.165, 1.54) is 19.3 Å². The van der Waals surface area contributed by atoms with E-state index in [-0.39, 0.29) is 23.9 Å². The van der Waals surface area contributed by atoms with Crippen molar-refractivity contribution in [3.63, 3.8) is 0 Å². The van der Waals surface area contributed by atoms with Crippen molar-refractivity contribution in [2.24, 2.45) is 0 Å². The monoisotopic (exact) mass is 436 g/mol. The summed E-state index contributed by atoms with van der Waals surface area (Å²) >= 11 is 0. The van der Waals surface area contributed by atoms with Crippen LogP contribution in [0.2, 0.25) is 0 Å². The minimum absolute atomic E-state index is 0.130. The van der Waals surface area contributed by atoms with E-state index in [9.17, 15) is 14.4 Å². The fourth-order valence-electron chi connectivity index (χ4n) is 3.77. The molecule has 7 nitrogen and oxygen atoms in total. The van der Waals surface area contributed by atoms with Crippen LogP contribution in [0.15, 0.2) is 48.5 Å². The second-order valence-corrected chi connectivity index (χ2v) is 8.24. The van der Waals surface area contributed by atoms with E-state index in [2.05, 4.69) is 21.3 Å². The van der Waals surface area contributed by atoms with Gasteiger partial charge in [0.1, 0.15) is 0 Å². The molecule has 32 heavy (non-hydrogen) atoms. The molecule has 0 aromatic heterocycles. The Labute approximate surface area is 189 Å². The van der Waals surface area contributed by atoms with E-state index < -0.39 is 0 Å². The summed E-state index contributed by atoms with van der Waals surface area (Å²) < 4.78 is 0. The van der Waals surface area contributed by atoms with Crippen LogP contribution in [0.5, 0.6) is 0 Å². The van der Waals surface area contributed by atoms with E-state index >= 15 is 0 Å². The summed E-state index contributed by atoms with van der Waals surface area (Å²) in [7, 11) is 0. The van der Waals surface area contributed by atoms with Gasteiger partial charge in [0.2, 0.25) is 5.91 Å². The zero-order chi connectivity index (χ0) is 22.8. The first-order valence-electron chi connectivity index (χ1n) is 11.3. The highest BCUT2D eigenvalue weighted by Gasteiger charge is 2.15. The lowest BCUT2D eigenvalue weighted by Gasteiger charge is -2.22. The average molecular weight is 437 g/mol. The van der Waals surface area contributed by atoms with E-state index in [0.29, 0.717) is 36.3 Å². The quantitative estimate of drug-likeness (QED) is 0.455. The fourth-order valence-corrected chi connectivity index (χ4v) is 3.77. The maximum Gasteiger partial charge on any atom is 0.315 e. The van der Waals surface area contributed by atoms with Crippen molar-refractivity contribution < 1.29 is 14.4 Å². The Bertz CT molecular complexity index is 924. The molecule has 0 radical (unpaired) electrons. The number of urea groups is 1. The van der Waals surface area contributed by atoms with Gasteiger partial charge >= 0.3 is 6.03 Å². The van der Waals surface area contributed by atoms with Crippen molar-refractivity contribution in [3.8, 4) is 0 Å². The molecule has 1 aliphatic carbocycles. The predicted molar refractivity (Wildman–Crippen MR) is 127 cm³/mol. The Balaban J connectivity index is 1.41. The van der Waals surface area contributed by atoms with E-state index in [0.717, 1.165) is 18.4 Å². The van der Waals surface area contributed by atoms with Crippen LogP contribution in [0.1, 0.15) is 60.9 Å². The van der Waals surface area contributed by atoms with Gasteiger partial charge < -0.3 is 21.3 Å². The van der Waals surface area contributed by atoms with Crippen LogP contribution in [-0.4, -0.2) is 30.4 Å². The van der Waals surface area contributed by atoms with Gasteiger partial charge in [-0.25, -0.2) is 4.79 Å². The number of carbonyl (C=O) groups is 3. The number of rotatable bonds is 8. The Morgan fingerprint density at radius 1 is 0.938 bits per heavy atom. The number of benzene rings is 2. The van der Waals surface area contributed by atoms with Crippen LogP contribution in [0, 0.1) is 6.92 Å². The third kappa shape index (κ3) is 7.41. The van der Waals surface area contributed by atoms with Crippen molar-refractivity contribution in [2.75, 3.05) is 17.2 Å². The third-order valence-corrected chi connectivity index (χ3v) is 5.61. The molecule has 2 aromatic rings. The van der Waals surface area contributed by atoms with Crippen LogP contribution in [0.3, 0.4) is 0 Å². The summed E-state index contributed by atoms with van der Waals surface area (Å²) in [6.07, 6.45) is 6.51. The Kier molecular flexibility index (Phi) is 8.66. The molecule has 3 rings (SSSR count). The molecule has 7 heteroatoms. The Morgan fingerprint density at radius 3 is 2.44 bits per heavy atom. The van der Waals surface area contributed by atoms with Crippen LogP contribution >= 0.6 is 0 Å². The Morgan fingerprint density at radius 2 is 1.69 bits per heavy atom. The number of carbonyl (C=O) groups excluding carboxylic acids is 3. The molecule has 0 bridgehead atoms. The fraction of sp³-hybridized carbons (Fsp3) is 0.400. The molecular weight excluding hydrogens is 404 g/mol. The minimum Gasteiger partial charge on any atom is -0.338 e. The summed E-state index contributed by atoms with van der Waals surface area (Å²) in [5.74, 6) is -0.335. The minimum atomic E-state index is -0.204. The molecule has 1 aliphatic rings. The summed E-state index contributed by atoms with van der Waals surface area (Å²) in [5.41, 5.74) is 2.74. The first-order chi connectivity index (χ1) is 15.5. The van der Waals surface area contributed by atoms with E-state index in [1.54, 1.807) is 24.3 Å². The number of hydrogen-bond donors (Lipinski definition) is 4. The molecule has 4 N–H and O–H groups in total. The SMILES string of the molecule is Cc1ccc(NC(=O)c2ccccc2)cc1NC(=O)CCCNC(=O)NC1CCCCC1. The molecule has 1 fully saturated rings. The maximum atomic E-state index is 12.4. The van der Waals surface area contributed by atoms with Gasteiger partial charge in [0.15, 0.2) is 0 Å². The number of aryl methyl sites for hydroxylation is 1. The number of nitrogens with one attached hydrogen (secondary N) is 4. The van der Waals surface area contributed by atoms with Crippen LogP contribution < -0.4 is 21.3 Å². The highest BCUT2D eigenvalue weighted by atomic mass is 16.2. The highest BCUT2D eigenvalue weighted by Crippen LogP contribution is 2.21. The van der Waals surface area contributed by atoms with Crippen molar-refractivity contribution in [2.45, 2.75) is 57.9 Å². The molecule has 0 heterocycles. The standard InChI is InChI=1S/C25H32N4O3/c1-18-14-15-21(27-24(31)19-9-4-2-5-10-19)17-22(18)29-23(30)13-8-16-26-25(32)28-20-11-6-3-7-12-20/h2,4-5,9-10,14-15,17,20H,3,6-8,11-13,16H2,1H3,(H,27,31)(H,29,30)(H2,26,28,32). The molecule has 0 saturated heterocycles. The third-order valence-electron chi connectivity index (χ3n) is 5.61. The zero-order valence-electron chi connectivity index (χ0n) is 18.6. The van der Waals surface area contributed by atoms with Crippen molar-refractivity contribution >= 4 is 29.2 Å². The van der Waals surface area contributed by atoms with Gasteiger partial charge in [-0.15, -0.1) is 0 Å². The molecular formula is C25H32N4O3. The van der Waals surface area contributed by atoms with Crippen molar-refractivity contribution in [1.29, 1.82) is 0 Å². The second-order valence-electron chi connectivity index (χ2n) is 8.24. The van der Waals surface area contributed by atoms with Crippen molar-refractivity contribution in [1.82, 2.24) is 10.6 Å². The van der Waals surface area contributed by atoms with Gasteiger partial charge in [0.05, 0.1) is 0 Å². The normalized spacial score (nSPS) is 13.8. The largest absolute Gasteiger partial charge is 0.338 e. The molecule has 1 saturated carbocycles. The number of anilines is 2. The lowest BCUT2D eigenvalue weighted by atomic mass is 9.96. The highest BCUT2D eigenvalue weighted by molar-refractivity contribution is 6.04. The molecule has 2 aromatic carbocycles. The summed E-state index contributed by atoms with van der Waals surface area (Å²) in [6, 6.07) is 14.5. The second kappa shape index (κ2) is 11.9. The lowest BCUT2D eigenvalue weighted by molar-refractivity contribution is -0.116. The molecule has 170 valence electrons. The van der Waals surface area contributed by atoms with Gasteiger partial charge in [0.25, 0.3) is 5.91 Å². The summed E-state index contributed by atoms with van der Waals surface area (Å²) in [4.78, 5) is 36.7. The smallest absolute Gasteiger partial charge is 0.315 e. The van der Waals surface area contributed by atoms with Gasteiger partial charge in [-0.05, 0) is 56.0 Å². The zero-order valence-corrected chi connectivity index (χ0v) is 18.6. The summed E-state index contributed by atoms with van der Waals surface area (Å²) in [6.45, 7) is 2.34. The first kappa shape index (κ1) is 23.3. The predicted octanol–water partition coefficient (Wildman–Crippen LogP) is 4.60. The van der Waals surface area contributed by atoms with E-state index in [4.69, 9.17) is 0 Å². The lowest BCUT2D eigenvalue weighted by Crippen LogP contribution is -2.43. The van der Waals surface area contributed by atoms with Gasteiger partial charge in [-0.3, -0.25) is 9.59 Å². The van der Waals surface area contributed by atoms with Gasteiger partial charge in [0, 0.05) is 35.9 Å². The average Bonchev–Trinajstić information content (AvgIpc) is 2.80. The van der Waals surface area contributed by atoms with Crippen LogP contribution in [0.25, 0.3) is 0 Å². The number of hydrogen-bond acceptors (Lipinski definition) is 3. The van der Waals surface area contributed by atoms with E-state index in [1.807, 2.05) is 31.2 Å². The molecule has 0 unspecified atom stereocenters. The number of amides is 4. The van der Waals surface area contributed by atoms with Crippen LogP contribution in [0.4, 0.5) is 16.2 Å². The first-order valence-corrected chi connectivity index (χ1v) is 11.3.